The smallest absolute Gasteiger partial charge is 0.248 e. The van der Waals surface area contributed by atoms with E-state index in [0.717, 1.165) is 5.56 Å². The maximum atomic E-state index is 11.0. The zero-order valence-corrected chi connectivity index (χ0v) is 11.5. The molecule has 0 aliphatic heterocycles. The molecule has 2 rings (SSSR count). The average Bonchev–Trinajstić information content (AvgIpc) is 2.53. The molecule has 2 aromatic rings. The molecule has 5 nitrogen and oxygen atoms in total. The fourth-order valence-corrected chi connectivity index (χ4v) is 1.78. The van der Waals surface area contributed by atoms with Crippen LogP contribution in [-0.2, 0) is 6.61 Å². The lowest BCUT2D eigenvalue weighted by Crippen LogP contribution is -2.10. The number of nitrogens with two attached hydrogens (primary N) is 1. The van der Waals surface area contributed by atoms with Crippen LogP contribution in [0.1, 0.15) is 21.5 Å². The van der Waals surface area contributed by atoms with Crippen LogP contribution in [-0.4, -0.2) is 13.0 Å². The third-order valence-electron chi connectivity index (χ3n) is 2.93. The number of hydrogen-bond acceptors (Lipinski definition) is 4. The van der Waals surface area contributed by atoms with Crippen LogP contribution in [0.15, 0.2) is 42.5 Å². The molecule has 0 aliphatic rings. The van der Waals surface area contributed by atoms with Crippen molar-refractivity contribution in [3.05, 3.63) is 59.2 Å². The lowest BCUT2D eigenvalue weighted by Gasteiger charge is -2.11. The van der Waals surface area contributed by atoms with Gasteiger partial charge in [-0.25, -0.2) is 0 Å². The van der Waals surface area contributed by atoms with E-state index in [1.807, 2.05) is 6.07 Å². The predicted molar refractivity (Wildman–Crippen MR) is 77.0 cm³/mol. The minimum Gasteiger partial charge on any atom is -0.493 e. The van der Waals surface area contributed by atoms with Gasteiger partial charge in [-0.1, -0.05) is 12.1 Å². The quantitative estimate of drug-likeness (QED) is 0.911. The second kappa shape index (κ2) is 6.44. The SMILES string of the molecule is COc1cc(C#N)ccc1OCc1ccc(C(N)=O)cc1. The van der Waals surface area contributed by atoms with Crippen molar-refractivity contribution >= 4 is 5.91 Å². The summed E-state index contributed by atoms with van der Waals surface area (Å²) < 4.78 is 10.9. The molecule has 1 amide bonds. The Labute approximate surface area is 122 Å². The monoisotopic (exact) mass is 282 g/mol. The lowest BCUT2D eigenvalue weighted by atomic mass is 10.1. The Kier molecular flexibility index (Phi) is 4.42. The molecule has 0 saturated heterocycles. The largest absolute Gasteiger partial charge is 0.493 e. The van der Waals surface area contributed by atoms with Crippen molar-refractivity contribution in [3.63, 3.8) is 0 Å². The highest BCUT2D eigenvalue weighted by molar-refractivity contribution is 5.92. The van der Waals surface area contributed by atoms with E-state index >= 15 is 0 Å². The molecule has 5 heteroatoms. The molecule has 2 aromatic carbocycles. The van der Waals surface area contributed by atoms with Gasteiger partial charge in [0, 0.05) is 11.6 Å². The zero-order valence-electron chi connectivity index (χ0n) is 11.5. The summed E-state index contributed by atoms with van der Waals surface area (Å²) in [6, 6.07) is 13.9. The number of primary amides is 1. The van der Waals surface area contributed by atoms with Gasteiger partial charge >= 0.3 is 0 Å². The van der Waals surface area contributed by atoms with E-state index in [-0.39, 0.29) is 0 Å². The summed E-state index contributed by atoms with van der Waals surface area (Å²) >= 11 is 0. The highest BCUT2D eigenvalue weighted by atomic mass is 16.5. The number of hydrogen-bond donors (Lipinski definition) is 1. The molecule has 0 radical (unpaired) electrons. The molecule has 0 spiro atoms. The van der Waals surface area contributed by atoms with Crippen LogP contribution in [0.4, 0.5) is 0 Å². The summed E-state index contributed by atoms with van der Waals surface area (Å²) in [5.41, 5.74) is 7.03. The normalized spacial score (nSPS) is 9.71. The highest BCUT2D eigenvalue weighted by Crippen LogP contribution is 2.28. The van der Waals surface area contributed by atoms with Crippen LogP contribution in [0.5, 0.6) is 11.5 Å². The first kappa shape index (κ1) is 14.4. The van der Waals surface area contributed by atoms with Gasteiger partial charge in [-0.2, -0.15) is 5.26 Å². The van der Waals surface area contributed by atoms with Crippen LogP contribution in [0.25, 0.3) is 0 Å². The Balaban J connectivity index is 2.09. The zero-order chi connectivity index (χ0) is 15.2. The number of methoxy groups -OCH3 is 1. The van der Waals surface area contributed by atoms with Crippen molar-refractivity contribution in [1.29, 1.82) is 5.26 Å². The van der Waals surface area contributed by atoms with Crippen LogP contribution < -0.4 is 15.2 Å². The Bertz CT molecular complexity index is 688. The average molecular weight is 282 g/mol. The molecule has 0 bridgehead atoms. The van der Waals surface area contributed by atoms with Gasteiger partial charge in [-0.3, -0.25) is 4.79 Å². The van der Waals surface area contributed by atoms with Crippen molar-refractivity contribution in [3.8, 4) is 17.6 Å². The first-order chi connectivity index (χ1) is 10.1. The topological polar surface area (TPSA) is 85.3 Å². The maximum Gasteiger partial charge on any atom is 0.248 e. The van der Waals surface area contributed by atoms with Gasteiger partial charge in [0.25, 0.3) is 0 Å². The van der Waals surface area contributed by atoms with Gasteiger partial charge in [0.1, 0.15) is 6.61 Å². The van der Waals surface area contributed by atoms with Gasteiger partial charge in [-0.15, -0.1) is 0 Å². The Morgan fingerprint density at radius 3 is 2.48 bits per heavy atom. The fraction of sp³-hybridized carbons (Fsp3) is 0.125. The Morgan fingerprint density at radius 1 is 1.19 bits per heavy atom. The summed E-state index contributed by atoms with van der Waals surface area (Å²) in [4.78, 5) is 11.0. The summed E-state index contributed by atoms with van der Waals surface area (Å²) in [5.74, 6) is 0.592. The minimum absolute atomic E-state index is 0.321. The second-order valence-electron chi connectivity index (χ2n) is 4.33. The summed E-state index contributed by atoms with van der Waals surface area (Å²) in [7, 11) is 1.52. The fourth-order valence-electron chi connectivity index (χ4n) is 1.78. The molecule has 106 valence electrons. The first-order valence-electron chi connectivity index (χ1n) is 6.23. The third kappa shape index (κ3) is 3.51. The Morgan fingerprint density at radius 2 is 1.90 bits per heavy atom. The van der Waals surface area contributed by atoms with Crippen LogP contribution in [0.2, 0.25) is 0 Å². The summed E-state index contributed by atoms with van der Waals surface area (Å²) in [5, 5.41) is 8.84. The number of rotatable bonds is 5. The van der Waals surface area contributed by atoms with E-state index in [1.165, 1.54) is 7.11 Å². The molecule has 0 aromatic heterocycles. The Hall–Kier alpha value is -3.00. The van der Waals surface area contributed by atoms with Gasteiger partial charge < -0.3 is 15.2 Å². The van der Waals surface area contributed by atoms with Crippen molar-refractivity contribution < 1.29 is 14.3 Å². The number of carbonyl (C=O) groups excluding carboxylic acids is 1. The molecule has 2 N–H and O–H groups in total. The molecule has 0 atom stereocenters. The van der Waals surface area contributed by atoms with Crippen molar-refractivity contribution in [2.45, 2.75) is 6.61 Å². The number of benzene rings is 2. The molecule has 21 heavy (non-hydrogen) atoms. The van der Waals surface area contributed by atoms with Gasteiger partial charge in [0.2, 0.25) is 5.91 Å². The van der Waals surface area contributed by atoms with Crippen molar-refractivity contribution in [2.75, 3.05) is 7.11 Å². The molecule has 0 heterocycles. The van der Waals surface area contributed by atoms with E-state index in [9.17, 15) is 4.79 Å². The maximum absolute atomic E-state index is 11.0. The number of ether oxygens (including phenoxy) is 2. The van der Waals surface area contributed by atoms with E-state index < -0.39 is 5.91 Å². The minimum atomic E-state index is -0.462. The van der Waals surface area contributed by atoms with Crippen LogP contribution in [0.3, 0.4) is 0 Å². The predicted octanol–water partition coefficient (Wildman–Crippen LogP) is 2.24. The van der Waals surface area contributed by atoms with E-state index in [1.54, 1.807) is 42.5 Å². The first-order valence-corrected chi connectivity index (χ1v) is 6.23. The molecule has 0 unspecified atom stereocenters. The third-order valence-corrected chi connectivity index (χ3v) is 2.93. The second-order valence-corrected chi connectivity index (χ2v) is 4.33. The van der Waals surface area contributed by atoms with Gasteiger partial charge in [0.05, 0.1) is 18.7 Å². The number of nitriles is 1. The van der Waals surface area contributed by atoms with Gasteiger partial charge in [0.15, 0.2) is 11.5 Å². The lowest BCUT2D eigenvalue weighted by molar-refractivity contribution is 0.1000. The molecular weight excluding hydrogens is 268 g/mol. The van der Waals surface area contributed by atoms with Gasteiger partial charge in [-0.05, 0) is 29.8 Å². The van der Waals surface area contributed by atoms with E-state index in [2.05, 4.69) is 0 Å². The molecule has 0 fully saturated rings. The highest BCUT2D eigenvalue weighted by Gasteiger charge is 2.06. The van der Waals surface area contributed by atoms with Crippen molar-refractivity contribution in [1.82, 2.24) is 0 Å². The van der Waals surface area contributed by atoms with Crippen LogP contribution in [0, 0.1) is 11.3 Å². The van der Waals surface area contributed by atoms with Crippen LogP contribution >= 0.6 is 0 Å². The molecule has 0 saturated carbocycles. The van der Waals surface area contributed by atoms with E-state index in [0.29, 0.717) is 29.2 Å². The summed E-state index contributed by atoms with van der Waals surface area (Å²) in [6.45, 7) is 0.321. The molecular formula is C16H14N2O3. The standard InChI is InChI=1S/C16H14N2O3/c1-20-15-8-12(9-17)4-7-14(15)21-10-11-2-5-13(6-3-11)16(18)19/h2-8H,10H2,1H3,(H2,18,19). The summed E-state index contributed by atoms with van der Waals surface area (Å²) in [6.07, 6.45) is 0. The number of amides is 1. The molecule has 0 aliphatic carbocycles. The number of nitrogens with zero attached hydrogens (tertiary/aromatic N) is 1. The van der Waals surface area contributed by atoms with E-state index in [4.69, 9.17) is 20.5 Å². The van der Waals surface area contributed by atoms with Crippen molar-refractivity contribution in [2.24, 2.45) is 5.73 Å². The number of carbonyl (C=O) groups is 1.